The van der Waals surface area contributed by atoms with E-state index in [2.05, 4.69) is 11.4 Å². The Labute approximate surface area is 147 Å². The van der Waals surface area contributed by atoms with Gasteiger partial charge in [0, 0.05) is 11.5 Å². The number of nitriles is 1. The summed E-state index contributed by atoms with van der Waals surface area (Å²) in [5.41, 5.74) is 2.50. The molecule has 5 heteroatoms. The van der Waals surface area contributed by atoms with E-state index in [1.54, 1.807) is 19.1 Å². The summed E-state index contributed by atoms with van der Waals surface area (Å²) in [5, 5.41) is 11.6. The van der Waals surface area contributed by atoms with Gasteiger partial charge in [-0.1, -0.05) is 42.5 Å². The monoisotopic (exact) mass is 336 g/mol. The molecule has 0 aliphatic heterocycles. The zero-order chi connectivity index (χ0) is 18.2. The van der Waals surface area contributed by atoms with Crippen LogP contribution in [0, 0.1) is 17.2 Å². The van der Waals surface area contributed by atoms with Crippen LogP contribution in [0.25, 0.3) is 11.1 Å². The van der Waals surface area contributed by atoms with E-state index in [0.717, 1.165) is 11.1 Å². The Morgan fingerprint density at radius 3 is 2.24 bits per heavy atom. The van der Waals surface area contributed by atoms with E-state index in [9.17, 15) is 9.59 Å². The maximum Gasteiger partial charge on any atom is 0.328 e. The van der Waals surface area contributed by atoms with Crippen molar-refractivity contribution in [3.05, 3.63) is 60.2 Å². The second-order valence-electron chi connectivity index (χ2n) is 5.76. The maximum atomic E-state index is 12.4. The first-order valence-electron chi connectivity index (χ1n) is 7.99. The van der Waals surface area contributed by atoms with Crippen LogP contribution in [-0.2, 0) is 9.53 Å². The molecule has 2 aromatic rings. The van der Waals surface area contributed by atoms with Crippen LogP contribution >= 0.6 is 0 Å². The molecule has 0 unspecified atom stereocenters. The molecular formula is C20H20N2O3. The minimum atomic E-state index is -0.846. The molecule has 0 fully saturated rings. The molecule has 0 bridgehead atoms. The van der Waals surface area contributed by atoms with Gasteiger partial charge in [0.1, 0.15) is 6.04 Å². The fraction of sp³-hybridized carbons (Fsp3) is 0.250. The fourth-order valence-corrected chi connectivity index (χ4v) is 2.45. The average Bonchev–Trinajstić information content (AvgIpc) is 2.67. The lowest BCUT2D eigenvalue weighted by Gasteiger charge is -2.17. The van der Waals surface area contributed by atoms with Crippen molar-refractivity contribution in [1.82, 2.24) is 5.32 Å². The highest BCUT2D eigenvalue weighted by molar-refractivity contribution is 5.97. The summed E-state index contributed by atoms with van der Waals surface area (Å²) in [4.78, 5) is 24.2. The first kappa shape index (κ1) is 18.2. The van der Waals surface area contributed by atoms with Crippen molar-refractivity contribution in [1.29, 1.82) is 5.26 Å². The molecule has 0 aromatic heterocycles. The van der Waals surface area contributed by atoms with Crippen molar-refractivity contribution in [3.63, 3.8) is 0 Å². The fourth-order valence-electron chi connectivity index (χ4n) is 2.45. The van der Waals surface area contributed by atoms with E-state index < -0.39 is 12.0 Å². The molecule has 128 valence electrons. The SMILES string of the molecule is COC(=O)[C@@H](C[C@@H](C)C#N)NC(=O)c1ccc(-c2ccccc2)cc1. The molecule has 0 saturated heterocycles. The zero-order valence-corrected chi connectivity index (χ0v) is 14.2. The minimum Gasteiger partial charge on any atom is -0.467 e. The molecule has 0 heterocycles. The van der Waals surface area contributed by atoms with Crippen LogP contribution in [-0.4, -0.2) is 25.0 Å². The number of esters is 1. The smallest absolute Gasteiger partial charge is 0.328 e. The minimum absolute atomic E-state index is 0.205. The highest BCUT2D eigenvalue weighted by Crippen LogP contribution is 2.19. The van der Waals surface area contributed by atoms with Crippen molar-refractivity contribution < 1.29 is 14.3 Å². The van der Waals surface area contributed by atoms with Crippen LogP contribution in [0.1, 0.15) is 23.7 Å². The van der Waals surface area contributed by atoms with E-state index in [4.69, 9.17) is 10.00 Å². The summed E-state index contributed by atoms with van der Waals surface area (Å²) in [6, 6.07) is 18.2. The predicted molar refractivity (Wildman–Crippen MR) is 94.5 cm³/mol. The molecule has 5 nitrogen and oxygen atoms in total. The van der Waals surface area contributed by atoms with Crippen LogP contribution in [0.2, 0.25) is 0 Å². The average molecular weight is 336 g/mol. The molecule has 1 amide bonds. The molecule has 0 aliphatic carbocycles. The molecule has 2 aromatic carbocycles. The lowest BCUT2D eigenvalue weighted by molar-refractivity contribution is -0.143. The van der Waals surface area contributed by atoms with E-state index in [1.165, 1.54) is 7.11 Å². The van der Waals surface area contributed by atoms with Gasteiger partial charge in [0.15, 0.2) is 0 Å². The van der Waals surface area contributed by atoms with E-state index >= 15 is 0 Å². The Kier molecular flexibility index (Phi) is 6.30. The number of ether oxygens (including phenoxy) is 1. The molecule has 2 atom stereocenters. The molecule has 2 rings (SSSR count). The summed E-state index contributed by atoms with van der Waals surface area (Å²) >= 11 is 0. The van der Waals surface area contributed by atoms with Gasteiger partial charge >= 0.3 is 5.97 Å². The third-order valence-corrected chi connectivity index (χ3v) is 3.85. The summed E-state index contributed by atoms with van der Waals surface area (Å²) in [6.07, 6.45) is 0.205. The third kappa shape index (κ3) is 4.92. The zero-order valence-electron chi connectivity index (χ0n) is 14.2. The molecule has 0 radical (unpaired) electrons. The number of hydrogen-bond donors (Lipinski definition) is 1. The Bertz CT molecular complexity index is 764. The van der Waals surface area contributed by atoms with Gasteiger partial charge in [-0.3, -0.25) is 4.79 Å². The molecular weight excluding hydrogens is 316 g/mol. The Morgan fingerprint density at radius 1 is 1.08 bits per heavy atom. The summed E-state index contributed by atoms with van der Waals surface area (Å²) in [6.45, 7) is 1.69. The normalized spacial score (nSPS) is 12.5. The Balaban J connectivity index is 2.11. The molecule has 25 heavy (non-hydrogen) atoms. The summed E-state index contributed by atoms with van der Waals surface area (Å²) < 4.78 is 4.71. The largest absolute Gasteiger partial charge is 0.467 e. The van der Waals surface area contributed by atoms with Crippen molar-refractivity contribution in [2.45, 2.75) is 19.4 Å². The second kappa shape index (κ2) is 8.65. The number of hydrogen-bond acceptors (Lipinski definition) is 4. The number of methoxy groups -OCH3 is 1. The van der Waals surface area contributed by atoms with E-state index in [0.29, 0.717) is 5.56 Å². The maximum absolute atomic E-state index is 12.4. The van der Waals surface area contributed by atoms with Gasteiger partial charge < -0.3 is 10.1 Å². The number of nitrogens with one attached hydrogen (secondary N) is 1. The summed E-state index contributed by atoms with van der Waals surface area (Å²) in [5.74, 6) is -1.30. The van der Waals surface area contributed by atoms with Crippen LogP contribution in [0.15, 0.2) is 54.6 Å². The number of amides is 1. The molecule has 1 N–H and O–H groups in total. The Morgan fingerprint density at radius 2 is 1.68 bits per heavy atom. The molecule has 0 aliphatic rings. The standard InChI is InChI=1S/C20H20N2O3/c1-14(13-21)12-18(20(24)25-2)22-19(23)17-10-8-16(9-11-17)15-6-4-3-5-7-15/h3-11,14,18H,12H2,1-2H3,(H,22,23)/t14-,18-/m1/s1. The first-order valence-corrected chi connectivity index (χ1v) is 7.99. The van der Waals surface area contributed by atoms with E-state index in [1.807, 2.05) is 42.5 Å². The van der Waals surface area contributed by atoms with Crippen molar-refractivity contribution in [3.8, 4) is 17.2 Å². The lowest BCUT2D eigenvalue weighted by Crippen LogP contribution is -2.42. The Hall–Kier alpha value is -3.13. The highest BCUT2D eigenvalue weighted by Gasteiger charge is 2.24. The van der Waals surface area contributed by atoms with Gasteiger partial charge in [-0.15, -0.1) is 0 Å². The van der Waals surface area contributed by atoms with Crippen LogP contribution in [0.3, 0.4) is 0 Å². The summed E-state index contributed by atoms with van der Waals surface area (Å²) in [7, 11) is 1.26. The molecule has 0 spiro atoms. The number of carbonyl (C=O) groups is 2. The number of nitrogens with zero attached hydrogens (tertiary/aromatic N) is 1. The van der Waals surface area contributed by atoms with E-state index in [-0.39, 0.29) is 18.2 Å². The van der Waals surface area contributed by atoms with Crippen LogP contribution in [0.4, 0.5) is 0 Å². The first-order chi connectivity index (χ1) is 12.0. The number of carbonyl (C=O) groups excluding carboxylic acids is 2. The predicted octanol–water partition coefficient (Wildman–Crippen LogP) is 3.17. The quantitative estimate of drug-likeness (QED) is 0.822. The number of benzene rings is 2. The van der Waals surface area contributed by atoms with Gasteiger partial charge in [0.25, 0.3) is 5.91 Å². The van der Waals surface area contributed by atoms with Gasteiger partial charge in [0.05, 0.1) is 13.2 Å². The van der Waals surface area contributed by atoms with Crippen LogP contribution < -0.4 is 5.32 Å². The van der Waals surface area contributed by atoms with Gasteiger partial charge in [0.2, 0.25) is 0 Å². The van der Waals surface area contributed by atoms with Gasteiger partial charge in [-0.2, -0.15) is 5.26 Å². The highest BCUT2D eigenvalue weighted by atomic mass is 16.5. The van der Waals surface area contributed by atoms with Crippen LogP contribution in [0.5, 0.6) is 0 Å². The third-order valence-electron chi connectivity index (χ3n) is 3.85. The molecule has 0 saturated carbocycles. The van der Waals surface area contributed by atoms with Crippen molar-refractivity contribution in [2.24, 2.45) is 5.92 Å². The topological polar surface area (TPSA) is 79.2 Å². The van der Waals surface area contributed by atoms with Crippen molar-refractivity contribution in [2.75, 3.05) is 7.11 Å². The van der Waals surface area contributed by atoms with Gasteiger partial charge in [-0.25, -0.2) is 4.79 Å². The lowest BCUT2D eigenvalue weighted by atomic mass is 10.0. The van der Waals surface area contributed by atoms with Gasteiger partial charge in [-0.05, 0) is 36.6 Å². The van der Waals surface area contributed by atoms with Crippen molar-refractivity contribution >= 4 is 11.9 Å². The number of rotatable bonds is 6. The second-order valence-corrected chi connectivity index (χ2v) is 5.76.